The summed E-state index contributed by atoms with van der Waals surface area (Å²) in [5, 5.41) is 22.3. The maximum Gasteiger partial charge on any atom is 0.330 e. The van der Waals surface area contributed by atoms with Gasteiger partial charge in [-0.25, -0.2) is 4.79 Å². The smallest absolute Gasteiger partial charge is 0.330 e. The first-order chi connectivity index (χ1) is 9.85. The molecule has 1 heterocycles. The summed E-state index contributed by atoms with van der Waals surface area (Å²) in [6.07, 6.45) is 0.333. The number of hydrogen-bond donors (Lipinski definition) is 2. The zero-order valence-electron chi connectivity index (χ0n) is 10.7. The molecule has 9 heteroatoms. The van der Waals surface area contributed by atoms with E-state index in [0.717, 1.165) is 12.1 Å². The molecular weight excluding hydrogens is 320 g/mol. The van der Waals surface area contributed by atoms with Gasteiger partial charge in [-0.15, -0.1) is 0 Å². The average molecular weight is 331 g/mol. The first kappa shape index (κ1) is 15.6. The van der Waals surface area contributed by atoms with Crippen molar-refractivity contribution < 1.29 is 19.6 Å². The number of carbonyl (C=O) groups excluding carboxylic acids is 1. The minimum Gasteiger partial charge on any atom is -0.479 e. The molecule has 1 aliphatic heterocycles. The highest BCUT2D eigenvalue weighted by Gasteiger charge is 2.43. The Morgan fingerprint density at radius 2 is 2.19 bits per heavy atom. The van der Waals surface area contributed by atoms with Gasteiger partial charge in [-0.3, -0.25) is 14.9 Å². The molecule has 2 rings (SSSR count). The molecule has 21 heavy (non-hydrogen) atoms. The Balaban J connectivity index is 2.22. The fourth-order valence-electron chi connectivity index (χ4n) is 1.97. The highest BCUT2D eigenvalue weighted by Crippen LogP contribution is 2.29. The van der Waals surface area contributed by atoms with Crippen molar-refractivity contribution in [2.24, 2.45) is 0 Å². The number of amides is 1. The number of hydrogen-bond acceptors (Lipinski definition) is 5. The number of nitrogens with zero attached hydrogens (tertiary/aromatic N) is 1. The summed E-state index contributed by atoms with van der Waals surface area (Å²) in [6.45, 7) is 0. The summed E-state index contributed by atoms with van der Waals surface area (Å²) in [6, 6.07) is 3.53. The molecule has 1 amide bonds. The quantitative estimate of drug-likeness (QED) is 0.645. The minimum absolute atomic E-state index is 0.0862. The Bertz CT molecular complexity index is 616. The van der Waals surface area contributed by atoms with Crippen LogP contribution in [0.4, 0.5) is 5.69 Å². The zero-order chi connectivity index (χ0) is 15.6. The van der Waals surface area contributed by atoms with Gasteiger partial charge in [-0.2, -0.15) is 11.8 Å². The highest BCUT2D eigenvalue weighted by molar-refractivity contribution is 7.99. The predicted octanol–water partition coefficient (Wildman–Crippen LogP) is 1.94. The summed E-state index contributed by atoms with van der Waals surface area (Å²) in [7, 11) is 0. The van der Waals surface area contributed by atoms with Crippen molar-refractivity contribution in [2.45, 2.75) is 12.0 Å². The molecule has 1 unspecified atom stereocenters. The van der Waals surface area contributed by atoms with Crippen molar-refractivity contribution in [1.82, 2.24) is 5.32 Å². The number of benzene rings is 1. The molecule has 1 aliphatic rings. The number of nitro benzene ring substituents is 1. The molecule has 112 valence electrons. The van der Waals surface area contributed by atoms with Gasteiger partial charge in [-0.1, -0.05) is 11.6 Å². The van der Waals surface area contributed by atoms with Crippen molar-refractivity contribution in [3.8, 4) is 0 Å². The second-order valence-electron chi connectivity index (χ2n) is 4.57. The van der Waals surface area contributed by atoms with Crippen LogP contribution in [0.1, 0.15) is 16.8 Å². The van der Waals surface area contributed by atoms with E-state index < -0.39 is 22.3 Å². The molecule has 0 aromatic heterocycles. The fourth-order valence-corrected chi connectivity index (χ4v) is 3.55. The average Bonchev–Trinajstić information content (AvgIpc) is 2.88. The largest absolute Gasteiger partial charge is 0.479 e. The Morgan fingerprint density at radius 3 is 2.67 bits per heavy atom. The summed E-state index contributed by atoms with van der Waals surface area (Å²) >= 11 is 7.19. The van der Waals surface area contributed by atoms with Gasteiger partial charge in [0.15, 0.2) is 0 Å². The standard InChI is InChI=1S/C12H11ClN2O5S/c13-8-5-7(1-2-9(8)15(19)20)10(16)14-12(11(17)18)3-4-21-6-12/h1-2,5H,3-4,6H2,(H,14,16)(H,17,18). The lowest BCUT2D eigenvalue weighted by molar-refractivity contribution is -0.384. The molecular formula is C12H11ClN2O5S. The van der Waals surface area contributed by atoms with Crippen LogP contribution in [-0.4, -0.2) is 39.0 Å². The van der Waals surface area contributed by atoms with Crippen molar-refractivity contribution in [3.05, 3.63) is 38.9 Å². The highest BCUT2D eigenvalue weighted by atomic mass is 35.5. The van der Waals surface area contributed by atoms with Crippen LogP contribution < -0.4 is 5.32 Å². The van der Waals surface area contributed by atoms with Gasteiger partial charge in [0.2, 0.25) is 0 Å². The predicted molar refractivity (Wildman–Crippen MR) is 77.9 cm³/mol. The Kier molecular flexibility index (Phi) is 4.38. The first-order valence-electron chi connectivity index (χ1n) is 5.93. The summed E-state index contributed by atoms with van der Waals surface area (Å²) in [5.41, 5.74) is -1.52. The number of carboxylic acid groups (broad SMARTS) is 1. The lowest BCUT2D eigenvalue weighted by Crippen LogP contribution is -2.54. The summed E-state index contributed by atoms with van der Waals surface area (Å²) in [4.78, 5) is 33.5. The molecule has 0 radical (unpaired) electrons. The Morgan fingerprint density at radius 1 is 1.48 bits per heavy atom. The minimum atomic E-state index is -1.30. The maximum absolute atomic E-state index is 12.1. The van der Waals surface area contributed by atoms with Crippen molar-refractivity contribution >= 4 is 40.9 Å². The monoisotopic (exact) mass is 330 g/mol. The fraction of sp³-hybridized carbons (Fsp3) is 0.333. The maximum atomic E-state index is 12.1. The SMILES string of the molecule is O=C(NC1(C(=O)O)CCSC1)c1ccc([N+](=O)[O-])c(Cl)c1. The molecule has 0 aliphatic carbocycles. The van der Waals surface area contributed by atoms with Gasteiger partial charge in [-0.05, 0) is 24.3 Å². The van der Waals surface area contributed by atoms with E-state index in [-0.39, 0.29) is 22.0 Å². The van der Waals surface area contributed by atoms with Crippen LogP contribution in [0, 0.1) is 10.1 Å². The number of rotatable bonds is 4. The van der Waals surface area contributed by atoms with E-state index in [0.29, 0.717) is 12.2 Å². The third kappa shape index (κ3) is 3.11. The van der Waals surface area contributed by atoms with Gasteiger partial charge in [0.25, 0.3) is 11.6 Å². The van der Waals surface area contributed by atoms with Crippen molar-refractivity contribution in [2.75, 3.05) is 11.5 Å². The van der Waals surface area contributed by atoms with Gasteiger partial charge in [0, 0.05) is 17.4 Å². The molecule has 1 aromatic carbocycles. The third-order valence-corrected chi connectivity index (χ3v) is 4.68. The van der Waals surface area contributed by atoms with Crippen LogP contribution >= 0.6 is 23.4 Å². The van der Waals surface area contributed by atoms with Crippen LogP contribution in [0.3, 0.4) is 0 Å². The Hall–Kier alpha value is -1.80. The molecule has 0 saturated carbocycles. The molecule has 1 aromatic rings. The Labute approximate surface area is 128 Å². The summed E-state index contributed by atoms with van der Waals surface area (Å²) < 4.78 is 0. The number of carboxylic acids is 1. The zero-order valence-corrected chi connectivity index (χ0v) is 12.2. The number of aliphatic carboxylic acids is 1. The summed E-state index contributed by atoms with van der Waals surface area (Å²) in [5.74, 6) is -0.770. The molecule has 7 nitrogen and oxygen atoms in total. The van der Waals surface area contributed by atoms with Crippen LogP contribution in [0.5, 0.6) is 0 Å². The number of halogens is 1. The van der Waals surface area contributed by atoms with E-state index >= 15 is 0 Å². The second-order valence-corrected chi connectivity index (χ2v) is 6.08. The molecule has 0 spiro atoms. The van der Waals surface area contributed by atoms with Crippen LogP contribution in [0.15, 0.2) is 18.2 Å². The number of carbonyl (C=O) groups is 2. The third-order valence-electron chi connectivity index (χ3n) is 3.19. The van der Waals surface area contributed by atoms with E-state index in [1.54, 1.807) is 0 Å². The van der Waals surface area contributed by atoms with Crippen LogP contribution in [0.2, 0.25) is 5.02 Å². The lowest BCUT2D eigenvalue weighted by atomic mass is 9.98. The van der Waals surface area contributed by atoms with E-state index in [2.05, 4.69) is 5.32 Å². The van der Waals surface area contributed by atoms with E-state index in [1.807, 2.05) is 0 Å². The van der Waals surface area contributed by atoms with Gasteiger partial charge in [0.05, 0.1) is 4.92 Å². The number of nitro groups is 1. The molecule has 1 atom stereocenters. The van der Waals surface area contributed by atoms with Crippen LogP contribution in [0.25, 0.3) is 0 Å². The first-order valence-corrected chi connectivity index (χ1v) is 7.46. The normalized spacial score (nSPS) is 21.0. The van der Waals surface area contributed by atoms with Crippen LogP contribution in [-0.2, 0) is 4.79 Å². The van der Waals surface area contributed by atoms with E-state index in [1.165, 1.54) is 17.8 Å². The van der Waals surface area contributed by atoms with E-state index in [9.17, 15) is 24.8 Å². The van der Waals surface area contributed by atoms with Gasteiger partial charge in [0.1, 0.15) is 10.6 Å². The number of thioether (sulfide) groups is 1. The number of nitrogens with one attached hydrogen (secondary N) is 1. The van der Waals surface area contributed by atoms with Crippen molar-refractivity contribution in [1.29, 1.82) is 0 Å². The topological polar surface area (TPSA) is 110 Å². The lowest BCUT2D eigenvalue weighted by Gasteiger charge is -2.24. The van der Waals surface area contributed by atoms with Gasteiger partial charge >= 0.3 is 5.97 Å². The molecule has 0 bridgehead atoms. The van der Waals surface area contributed by atoms with E-state index in [4.69, 9.17) is 11.6 Å². The van der Waals surface area contributed by atoms with Crippen molar-refractivity contribution in [3.63, 3.8) is 0 Å². The second kappa shape index (κ2) is 5.90. The molecule has 1 saturated heterocycles. The molecule has 2 N–H and O–H groups in total. The van der Waals surface area contributed by atoms with Gasteiger partial charge < -0.3 is 10.4 Å². The molecule has 1 fully saturated rings.